The summed E-state index contributed by atoms with van der Waals surface area (Å²) in [5.74, 6) is -1.24. The molecule has 0 bridgehead atoms. The second-order valence-electron chi connectivity index (χ2n) is 4.57. The van der Waals surface area contributed by atoms with E-state index in [9.17, 15) is 18.0 Å². The van der Waals surface area contributed by atoms with Crippen LogP contribution in [0.2, 0.25) is 0 Å². The van der Waals surface area contributed by atoms with Gasteiger partial charge < -0.3 is 5.11 Å². The predicted molar refractivity (Wildman–Crippen MR) is 80.7 cm³/mol. The Kier molecular flexibility index (Phi) is 4.27. The lowest BCUT2D eigenvalue weighted by molar-refractivity contribution is 0.0696. The van der Waals surface area contributed by atoms with Gasteiger partial charge in [0.1, 0.15) is 0 Å². The van der Waals surface area contributed by atoms with E-state index < -0.39 is 16.0 Å². The Morgan fingerprint density at radius 1 is 0.909 bits per heavy atom. The molecule has 2 rings (SSSR count). The smallest absolute Gasteiger partial charge is 0.335 e. The molecule has 0 aliphatic carbocycles. The van der Waals surface area contributed by atoms with Crippen LogP contribution in [0.25, 0.3) is 0 Å². The van der Waals surface area contributed by atoms with Crippen molar-refractivity contribution in [3.05, 3.63) is 59.7 Å². The van der Waals surface area contributed by atoms with Crippen LogP contribution in [-0.4, -0.2) is 25.3 Å². The number of hydrogen-bond acceptors (Lipinski definition) is 4. The largest absolute Gasteiger partial charge is 0.478 e. The minimum absolute atomic E-state index is 0.0137. The Morgan fingerprint density at radius 3 is 1.86 bits per heavy atom. The van der Waals surface area contributed by atoms with Gasteiger partial charge in [0.2, 0.25) is 0 Å². The van der Waals surface area contributed by atoms with Crippen LogP contribution in [-0.2, 0) is 10.0 Å². The van der Waals surface area contributed by atoms with E-state index in [2.05, 4.69) is 4.72 Å². The highest BCUT2D eigenvalue weighted by Gasteiger charge is 2.15. The molecule has 2 aromatic rings. The number of sulfonamides is 1. The van der Waals surface area contributed by atoms with E-state index in [-0.39, 0.29) is 21.9 Å². The van der Waals surface area contributed by atoms with Gasteiger partial charge in [0.05, 0.1) is 10.5 Å². The molecular weight excluding hydrogens is 306 g/mol. The summed E-state index contributed by atoms with van der Waals surface area (Å²) in [5, 5.41) is 8.79. The van der Waals surface area contributed by atoms with Crippen molar-refractivity contribution in [2.24, 2.45) is 0 Å². The Bertz CT molecular complexity index is 808. The summed E-state index contributed by atoms with van der Waals surface area (Å²) in [4.78, 5) is 21.9. The highest BCUT2D eigenvalue weighted by molar-refractivity contribution is 7.92. The predicted octanol–water partition coefficient (Wildman–Crippen LogP) is 2.39. The Morgan fingerprint density at radius 2 is 1.41 bits per heavy atom. The molecule has 7 heteroatoms. The Hall–Kier alpha value is -2.67. The second-order valence-corrected chi connectivity index (χ2v) is 6.25. The van der Waals surface area contributed by atoms with Gasteiger partial charge in [0, 0.05) is 11.3 Å². The number of hydrogen-bond donors (Lipinski definition) is 2. The van der Waals surface area contributed by atoms with Gasteiger partial charge in [-0.2, -0.15) is 0 Å². The van der Waals surface area contributed by atoms with Gasteiger partial charge in [-0.15, -0.1) is 0 Å². The van der Waals surface area contributed by atoms with Crippen molar-refractivity contribution >= 4 is 27.5 Å². The number of ketones is 1. The zero-order valence-electron chi connectivity index (χ0n) is 11.6. The number of carbonyl (C=O) groups excluding carboxylic acids is 1. The van der Waals surface area contributed by atoms with Crippen LogP contribution >= 0.6 is 0 Å². The maximum Gasteiger partial charge on any atom is 0.335 e. The molecule has 2 aromatic carbocycles. The summed E-state index contributed by atoms with van der Waals surface area (Å²) in [7, 11) is -3.80. The third kappa shape index (κ3) is 3.50. The minimum Gasteiger partial charge on any atom is -0.478 e. The van der Waals surface area contributed by atoms with Crippen LogP contribution in [0, 0.1) is 0 Å². The number of anilines is 1. The molecule has 0 amide bonds. The number of carboxylic acid groups (broad SMARTS) is 1. The van der Waals surface area contributed by atoms with Crippen LogP contribution in [0.15, 0.2) is 53.4 Å². The monoisotopic (exact) mass is 319 g/mol. The lowest BCUT2D eigenvalue weighted by Gasteiger charge is -2.08. The quantitative estimate of drug-likeness (QED) is 0.824. The molecule has 0 saturated heterocycles. The third-order valence-corrected chi connectivity index (χ3v) is 4.35. The van der Waals surface area contributed by atoms with Crippen molar-refractivity contribution in [3.63, 3.8) is 0 Å². The maximum absolute atomic E-state index is 12.2. The van der Waals surface area contributed by atoms with Crippen molar-refractivity contribution in [3.8, 4) is 0 Å². The number of carbonyl (C=O) groups is 2. The molecule has 0 saturated carbocycles. The molecule has 6 nitrogen and oxygen atoms in total. The lowest BCUT2D eigenvalue weighted by atomic mass is 10.2. The highest BCUT2D eigenvalue weighted by atomic mass is 32.2. The van der Waals surface area contributed by atoms with E-state index in [1.807, 2.05) is 0 Å². The molecule has 22 heavy (non-hydrogen) atoms. The molecule has 0 aliphatic rings. The number of nitrogens with one attached hydrogen (secondary N) is 1. The van der Waals surface area contributed by atoms with Crippen molar-refractivity contribution in [1.29, 1.82) is 0 Å². The van der Waals surface area contributed by atoms with Gasteiger partial charge >= 0.3 is 5.97 Å². The molecule has 2 N–H and O–H groups in total. The van der Waals surface area contributed by atoms with Gasteiger partial charge in [-0.25, -0.2) is 13.2 Å². The molecule has 114 valence electrons. The fourth-order valence-corrected chi connectivity index (χ4v) is 2.82. The van der Waals surface area contributed by atoms with Gasteiger partial charge in [-0.05, 0) is 43.3 Å². The van der Waals surface area contributed by atoms with E-state index in [1.54, 1.807) is 0 Å². The van der Waals surface area contributed by atoms with Crippen molar-refractivity contribution in [2.75, 3.05) is 4.72 Å². The fraction of sp³-hybridized carbons (Fsp3) is 0.0667. The van der Waals surface area contributed by atoms with E-state index in [1.165, 1.54) is 55.5 Å². The number of carboxylic acids is 1. The number of Topliss-reactive ketones (excluding diaryl/α,β-unsaturated/α-hetero) is 1. The van der Waals surface area contributed by atoms with E-state index >= 15 is 0 Å². The molecule has 0 aromatic heterocycles. The van der Waals surface area contributed by atoms with E-state index in [0.717, 1.165) is 0 Å². The fourth-order valence-electron chi connectivity index (χ4n) is 1.76. The Balaban J connectivity index is 2.23. The first kappa shape index (κ1) is 15.7. The number of benzene rings is 2. The van der Waals surface area contributed by atoms with Crippen molar-refractivity contribution < 1.29 is 23.1 Å². The van der Waals surface area contributed by atoms with Gasteiger partial charge in [-0.1, -0.05) is 12.1 Å². The topological polar surface area (TPSA) is 101 Å². The first-order chi connectivity index (χ1) is 10.3. The lowest BCUT2D eigenvalue weighted by Crippen LogP contribution is -2.13. The minimum atomic E-state index is -3.80. The first-order valence-electron chi connectivity index (χ1n) is 6.27. The summed E-state index contributed by atoms with van der Waals surface area (Å²) in [6, 6.07) is 10.9. The molecule has 0 unspecified atom stereocenters. The number of rotatable bonds is 5. The van der Waals surface area contributed by atoms with Crippen molar-refractivity contribution in [2.45, 2.75) is 11.8 Å². The molecule has 0 atom stereocenters. The zero-order chi connectivity index (χ0) is 16.3. The molecule has 0 aliphatic heterocycles. The standard InChI is InChI=1S/C15H13NO5S/c1-10(17)11-4-8-14(9-5-11)22(20,21)16-13-6-2-12(3-7-13)15(18)19/h2-9,16H,1H3,(H,18,19). The summed E-state index contributed by atoms with van der Waals surface area (Å²) in [5.41, 5.74) is 0.735. The molecule has 0 spiro atoms. The molecule has 0 heterocycles. The van der Waals surface area contributed by atoms with Gasteiger partial charge in [0.25, 0.3) is 10.0 Å². The third-order valence-electron chi connectivity index (χ3n) is 2.96. The van der Waals surface area contributed by atoms with Crippen LogP contribution in [0.3, 0.4) is 0 Å². The van der Waals surface area contributed by atoms with Gasteiger partial charge in [-0.3, -0.25) is 9.52 Å². The van der Waals surface area contributed by atoms with Gasteiger partial charge in [0.15, 0.2) is 5.78 Å². The number of aromatic carboxylic acids is 1. The Labute approximate surface area is 127 Å². The summed E-state index contributed by atoms with van der Waals surface area (Å²) >= 11 is 0. The van der Waals surface area contributed by atoms with E-state index in [0.29, 0.717) is 5.56 Å². The van der Waals surface area contributed by atoms with Crippen LogP contribution in [0.1, 0.15) is 27.6 Å². The van der Waals surface area contributed by atoms with Crippen molar-refractivity contribution in [1.82, 2.24) is 0 Å². The van der Waals surface area contributed by atoms with E-state index in [4.69, 9.17) is 5.11 Å². The summed E-state index contributed by atoms with van der Waals surface area (Å²) in [6.45, 7) is 1.39. The average Bonchev–Trinajstić information content (AvgIpc) is 2.47. The first-order valence-corrected chi connectivity index (χ1v) is 7.75. The highest BCUT2D eigenvalue weighted by Crippen LogP contribution is 2.17. The van der Waals surface area contributed by atoms with Crippen LogP contribution in [0.5, 0.6) is 0 Å². The van der Waals surface area contributed by atoms with Crippen LogP contribution in [0.4, 0.5) is 5.69 Å². The molecular formula is C15H13NO5S. The van der Waals surface area contributed by atoms with Crippen LogP contribution < -0.4 is 4.72 Å². The zero-order valence-corrected chi connectivity index (χ0v) is 12.4. The maximum atomic E-state index is 12.2. The molecule has 0 fully saturated rings. The average molecular weight is 319 g/mol. The second kappa shape index (κ2) is 5.98. The normalized spacial score (nSPS) is 11.0. The summed E-state index contributed by atoms with van der Waals surface area (Å²) in [6.07, 6.45) is 0. The molecule has 0 radical (unpaired) electrons. The summed E-state index contributed by atoms with van der Waals surface area (Å²) < 4.78 is 26.7. The SMILES string of the molecule is CC(=O)c1ccc(S(=O)(=O)Nc2ccc(C(=O)O)cc2)cc1.